The van der Waals surface area contributed by atoms with Crippen molar-refractivity contribution in [3.63, 3.8) is 0 Å². The monoisotopic (exact) mass is 371 g/mol. The molecule has 0 radical (unpaired) electrons. The van der Waals surface area contributed by atoms with Crippen LogP contribution in [0.3, 0.4) is 0 Å². The molecule has 8 heteroatoms. The minimum Gasteiger partial charge on any atom is -0.494 e. The molecular formula is C18H17N3O4S. The van der Waals surface area contributed by atoms with Gasteiger partial charge in [-0.2, -0.15) is 0 Å². The van der Waals surface area contributed by atoms with E-state index in [1.807, 2.05) is 31.2 Å². The number of nitrogens with zero attached hydrogens (tertiary/aromatic N) is 1. The van der Waals surface area contributed by atoms with E-state index in [1.54, 1.807) is 18.2 Å². The number of carbonyl (C=O) groups is 1. The van der Waals surface area contributed by atoms with Gasteiger partial charge in [0.15, 0.2) is 5.11 Å². The summed E-state index contributed by atoms with van der Waals surface area (Å²) in [4.78, 5) is 22.4. The number of amides is 1. The Morgan fingerprint density at radius 1 is 1.23 bits per heavy atom. The highest BCUT2D eigenvalue weighted by Crippen LogP contribution is 2.22. The summed E-state index contributed by atoms with van der Waals surface area (Å²) < 4.78 is 5.35. The molecule has 2 N–H and O–H groups in total. The normalized spacial score (nSPS) is 10.3. The Labute approximate surface area is 155 Å². The Morgan fingerprint density at radius 2 is 1.92 bits per heavy atom. The number of carbonyl (C=O) groups excluding carboxylic acids is 1. The van der Waals surface area contributed by atoms with E-state index in [2.05, 4.69) is 10.6 Å². The summed E-state index contributed by atoms with van der Waals surface area (Å²) in [6.07, 6.45) is 2.95. The van der Waals surface area contributed by atoms with E-state index in [4.69, 9.17) is 17.0 Å². The van der Waals surface area contributed by atoms with Crippen LogP contribution in [0.25, 0.3) is 6.08 Å². The van der Waals surface area contributed by atoms with Gasteiger partial charge in [0.05, 0.1) is 11.5 Å². The molecule has 0 unspecified atom stereocenters. The zero-order valence-corrected chi connectivity index (χ0v) is 14.8. The zero-order valence-electron chi connectivity index (χ0n) is 14.0. The first kappa shape index (κ1) is 19.1. The molecule has 2 rings (SSSR count). The van der Waals surface area contributed by atoms with Gasteiger partial charge in [-0.15, -0.1) is 0 Å². The maximum absolute atomic E-state index is 11.9. The average molecular weight is 371 g/mol. The van der Waals surface area contributed by atoms with Gasteiger partial charge in [0.25, 0.3) is 5.69 Å². The van der Waals surface area contributed by atoms with E-state index in [9.17, 15) is 14.9 Å². The molecule has 2 aromatic rings. The van der Waals surface area contributed by atoms with Crippen LogP contribution < -0.4 is 15.4 Å². The molecule has 0 fully saturated rings. The number of rotatable bonds is 6. The average Bonchev–Trinajstić information content (AvgIpc) is 2.61. The van der Waals surface area contributed by atoms with E-state index in [0.29, 0.717) is 6.61 Å². The lowest BCUT2D eigenvalue weighted by Crippen LogP contribution is -2.33. The fraction of sp³-hybridized carbons (Fsp3) is 0.111. The van der Waals surface area contributed by atoms with Crippen LogP contribution in [-0.4, -0.2) is 22.5 Å². The van der Waals surface area contributed by atoms with Gasteiger partial charge in [0.2, 0.25) is 5.91 Å². The molecule has 0 heterocycles. The summed E-state index contributed by atoms with van der Waals surface area (Å²) in [5.74, 6) is 0.305. The topological polar surface area (TPSA) is 93.5 Å². The number of nitro benzene ring substituents is 1. The van der Waals surface area contributed by atoms with E-state index in [1.165, 1.54) is 18.2 Å². The van der Waals surface area contributed by atoms with Gasteiger partial charge in [-0.1, -0.05) is 24.3 Å². The predicted molar refractivity (Wildman–Crippen MR) is 104 cm³/mol. The number of nitro groups is 1. The van der Waals surface area contributed by atoms with Gasteiger partial charge in [0.1, 0.15) is 11.4 Å². The SMILES string of the molecule is CCOc1ccc(/C=C/C(=O)NC(=S)Nc2ccccc2[N+](=O)[O-])cc1. The molecule has 0 aromatic heterocycles. The van der Waals surface area contributed by atoms with Crippen molar-refractivity contribution in [2.24, 2.45) is 0 Å². The van der Waals surface area contributed by atoms with E-state index in [0.717, 1.165) is 11.3 Å². The first-order valence-electron chi connectivity index (χ1n) is 7.76. The number of ether oxygens (including phenoxy) is 1. The summed E-state index contributed by atoms with van der Waals surface area (Å²) >= 11 is 5.02. The number of para-hydroxylation sites is 2. The van der Waals surface area contributed by atoms with Crippen molar-refractivity contribution in [2.45, 2.75) is 6.92 Å². The van der Waals surface area contributed by atoms with Gasteiger partial charge in [-0.25, -0.2) is 0 Å². The molecule has 0 atom stereocenters. The van der Waals surface area contributed by atoms with E-state index in [-0.39, 0.29) is 16.5 Å². The van der Waals surface area contributed by atoms with Gasteiger partial charge in [0, 0.05) is 12.1 Å². The largest absolute Gasteiger partial charge is 0.494 e. The Kier molecular flexibility index (Phi) is 6.81. The number of nitrogens with one attached hydrogen (secondary N) is 2. The molecule has 0 aliphatic rings. The van der Waals surface area contributed by atoms with Crippen LogP contribution in [-0.2, 0) is 4.79 Å². The van der Waals surface area contributed by atoms with Crippen molar-refractivity contribution in [2.75, 3.05) is 11.9 Å². The van der Waals surface area contributed by atoms with Gasteiger partial charge >= 0.3 is 0 Å². The zero-order chi connectivity index (χ0) is 18.9. The molecular weight excluding hydrogens is 354 g/mol. The standard InChI is InChI=1S/C18H17N3O4S/c1-2-25-14-10-7-13(8-11-14)9-12-17(22)20-18(26)19-15-5-3-4-6-16(15)21(23)24/h3-12H,2H2,1H3,(H2,19,20,22,26)/b12-9+. The number of hydrogen-bond donors (Lipinski definition) is 2. The van der Waals surface area contributed by atoms with Crippen molar-refractivity contribution < 1.29 is 14.5 Å². The summed E-state index contributed by atoms with van der Waals surface area (Å²) in [6.45, 7) is 2.49. The smallest absolute Gasteiger partial charge is 0.292 e. The highest BCUT2D eigenvalue weighted by molar-refractivity contribution is 7.80. The van der Waals surface area contributed by atoms with Crippen molar-refractivity contribution in [3.8, 4) is 5.75 Å². The van der Waals surface area contributed by atoms with Crippen molar-refractivity contribution in [3.05, 3.63) is 70.3 Å². The fourth-order valence-corrected chi connectivity index (χ4v) is 2.27. The number of hydrogen-bond acceptors (Lipinski definition) is 5. The highest BCUT2D eigenvalue weighted by Gasteiger charge is 2.13. The molecule has 2 aromatic carbocycles. The fourth-order valence-electron chi connectivity index (χ4n) is 2.06. The lowest BCUT2D eigenvalue weighted by atomic mass is 10.2. The summed E-state index contributed by atoms with van der Waals surface area (Å²) in [6, 6.07) is 13.3. The number of benzene rings is 2. The highest BCUT2D eigenvalue weighted by atomic mass is 32.1. The summed E-state index contributed by atoms with van der Waals surface area (Å²) in [5.41, 5.74) is 0.897. The molecule has 0 spiro atoms. The third-order valence-electron chi connectivity index (χ3n) is 3.20. The second-order valence-electron chi connectivity index (χ2n) is 5.05. The summed E-state index contributed by atoms with van der Waals surface area (Å²) in [5, 5.41) is 16.0. The van der Waals surface area contributed by atoms with Crippen LogP contribution in [0.5, 0.6) is 5.75 Å². The number of thiocarbonyl (C=S) groups is 1. The summed E-state index contributed by atoms with van der Waals surface area (Å²) in [7, 11) is 0. The Morgan fingerprint density at radius 3 is 2.58 bits per heavy atom. The van der Waals surface area contributed by atoms with Crippen LogP contribution in [0.4, 0.5) is 11.4 Å². The second kappa shape index (κ2) is 9.28. The first-order valence-corrected chi connectivity index (χ1v) is 8.16. The molecule has 0 aliphatic heterocycles. The van der Waals surface area contributed by atoms with E-state index >= 15 is 0 Å². The maximum Gasteiger partial charge on any atom is 0.292 e. The minimum absolute atomic E-state index is 0.0272. The van der Waals surface area contributed by atoms with Crippen LogP contribution in [0, 0.1) is 10.1 Å². The van der Waals surface area contributed by atoms with Gasteiger partial charge in [-0.05, 0) is 49.0 Å². The molecule has 0 saturated carbocycles. The van der Waals surface area contributed by atoms with Crippen molar-refractivity contribution >= 4 is 40.7 Å². The molecule has 1 amide bonds. The molecule has 134 valence electrons. The Hall–Kier alpha value is -3.26. The van der Waals surface area contributed by atoms with Crippen molar-refractivity contribution in [1.29, 1.82) is 0 Å². The molecule has 0 saturated heterocycles. The maximum atomic E-state index is 11.9. The van der Waals surface area contributed by atoms with Crippen LogP contribution in [0.2, 0.25) is 0 Å². The quantitative estimate of drug-likeness (QED) is 0.349. The Bertz CT molecular complexity index is 835. The van der Waals surface area contributed by atoms with Crippen LogP contribution >= 0.6 is 12.2 Å². The van der Waals surface area contributed by atoms with Crippen molar-refractivity contribution in [1.82, 2.24) is 5.32 Å². The first-order chi connectivity index (χ1) is 12.5. The number of anilines is 1. The molecule has 0 aliphatic carbocycles. The minimum atomic E-state index is -0.529. The lowest BCUT2D eigenvalue weighted by molar-refractivity contribution is -0.383. The molecule has 7 nitrogen and oxygen atoms in total. The molecule has 26 heavy (non-hydrogen) atoms. The Balaban J connectivity index is 1.93. The third kappa shape index (κ3) is 5.67. The van der Waals surface area contributed by atoms with Gasteiger partial charge < -0.3 is 10.1 Å². The van der Waals surface area contributed by atoms with E-state index < -0.39 is 10.8 Å². The molecule has 0 bridgehead atoms. The van der Waals surface area contributed by atoms with Crippen LogP contribution in [0.1, 0.15) is 12.5 Å². The predicted octanol–water partition coefficient (Wildman–Crippen LogP) is 3.52. The third-order valence-corrected chi connectivity index (χ3v) is 3.41. The van der Waals surface area contributed by atoms with Crippen LogP contribution in [0.15, 0.2) is 54.6 Å². The second-order valence-corrected chi connectivity index (χ2v) is 5.46. The lowest BCUT2D eigenvalue weighted by Gasteiger charge is -2.08. The van der Waals surface area contributed by atoms with Gasteiger partial charge in [-0.3, -0.25) is 20.2 Å².